The number of nitrogens with zero attached hydrogens (tertiary/aromatic N) is 2. The van der Waals surface area contributed by atoms with Crippen LogP contribution in [-0.2, 0) is 0 Å². The lowest BCUT2D eigenvalue weighted by Crippen LogP contribution is -2.38. The highest BCUT2D eigenvalue weighted by molar-refractivity contribution is 5.90. The zero-order chi connectivity index (χ0) is 13.0. The van der Waals surface area contributed by atoms with Crippen molar-refractivity contribution in [3.8, 4) is 6.07 Å². The Morgan fingerprint density at radius 3 is 2.72 bits per heavy atom. The summed E-state index contributed by atoms with van der Waals surface area (Å²) in [6, 6.07) is 5.71. The Kier molecular flexibility index (Phi) is 3.78. The van der Waals surface area contributed by atoms with E-state index in [2.05, 4.69) is 5.32 Å². The number of nitriles is 1. The highest BCUT2D eigenvalue weighted by atomic mass is 19.1. The molecule has 1 fully saturated rings. The summed E-state index contributed by atoms with van der Waals surface area (Å²) in [5.74, 6) is -0.617. The number of benzene rings is 1. The molecule has 0 radical (unpaired) electrons. The van der Waals surface area contributed by atoms with Gasteiger partial charge in [-0.25, -0.2) is 9.18 Å². The molecule has 2 rings (SSSR count). The van der Waals surface area contributed by atoms with Crippen molar-refractivity contribution < 1.29 is 9.18 Å². The fourth-order valence-corrected chi connectivity index (χ4v) is 2.03. The van der Waals surface area contributed by atoms with E-state index in [4.69, 9.17) is 5.26 Å². The van der Waals surface area contributed by atoms with Gasteiger partial charge in [-0.05, 0) is 31.4 Å². The SMILES string of the molecule is N#Cc1c(F)cccc1NC(=O)N1CCCCC1. The molecular weight excluding hydrogens is 233 g/mol. The van der Waals surface area contributed by atoms with Crippen LogP contribution in [0.2, 0.25) is 0 Å². The smallest absolute Gasteiger partial charge is 0.321 e. The molecular formula is C13H14FN3O. The third-order valence-corrected chi connectivity index (χ3v) is 3.01. The van der Waals surface area contributed by atoms with Gasteiger partial charge in [-0.3, -0.25) is 0 Å². The van der Waals surface area contributed by atoms with Crippen molar-refractivity contribution in [1.29, 1.82) is 5.26 Å². The van der Waals surface area contributed by atoms with Gasteiger partial charge in [0, 0.05) is 13.1 Å². The molecule has 5 heteroatoms. The van der Waals surface area contributed by atoms with Crippen LogP contribution in [0.15, 0.2) is 18.2 Å². The number of anilines is 1. The minimum Gasteiger partial charge on any atom is -0.325 e. The molecule has 1 N–H and O–H groups in total. The first kappa shape index (κ1) is 12.4. The lowest BCUT2D eigenvalue weighted by Gasteiger charge is -2.26. The van der Waals surface area contributed by atoms with Crippen molar-refractivity contribution in [2.45, 2.75) is 19.3 Å². The molecule has 1 saturated heterocycles. The van der Waals surface area contributed by atoms with E-state index < -0.39 is 5.82 Å². The molecule has 0 spiro atoms. The van der Waals surface area contributed by atoms with E-state index >= 15 is 0 Å². The highest BCUT2D eigenvalue weighted by Crippen LogP contribution is 2.19. The summed E-state index contributed by atoms with van der Waals surface area (Å²) in [5, 5.41) is 11.5. The van der Waals surface area contributed by atoms with Crippen LogP contribution < -0.4 is 5.32 Å². The molecule has 4 nitrogen and oxygen atoms in total. The molecule has 1 aromatic rings. The van der Waals surface area contributed by atoms with Crippen LogP contribution in [0.1, 0.15) is 24.8 Å². The molecule has 1 aliphatic heterocycles. The average Bonchev–Trinajstić information content (AvgIpc) is 2.40. The van der Waals surface area contributed by atoms with Crippen LogP contribution in [0.25, 0.3) is 0 Å². The molecule has 0 saturated carbocycles. The minimum absolute atomic E-state index is 0.122. The molecule has 18 heavy (non-hydrogen) atoms. The van der Waals surface area contributed by atoms with Crippen molar-refractivity contribution in [3.63, 3.8) is 0 Å². The second-order valence-corrected chi connectivity index (χ2v) is 4.25. The number of hydrogen-bond acceptors (Lipinski definition) is 2. The largest absolute Gasteiger partial charge is 0.325 e. The molecule has 1 aromatic carbocycles. The molecule has 0 aliphatic carbocycles. The number of halogens is 1. The number of nitrogens with one attached hydrogen (secondary N) is 1. The minimum atomic E-state index is -0.617. The second kappa shape index (κ2) is 5.50. The topological polar surface area (TPSA) is 56.1 Å². The van der Waals surface area contributed by atoms with Crippen LogP contribution in [-0.4, -0.2) is 24.0 Å². The van der Waals surface area contributed by atoms with E-state index in [0.29, 0.717) is 13.1 Å². The Morgan fingerprint density at radius 1 is 1.33 bits per heavy atom. The Bertz CT molecular complexity index is 489. The van der Waals surface area contributed by atoms with Gasteiger partial charge in [0.05, 0.1) is 5.69 Å². The van der Waals surface area contributed by atoms with Gasteiger partial charge in [-0.15, -0.1) is 0 Å². The predicted molar refractivity (Wildman–Crippen MR) is 65.6 cm³/mol. The van der Waals surface area contributed by atoms with Crippen LogP contribution >= 0.6 is 0 Å². The molecule has 2 amide bonds. The van der Waals surface area contributed by atoms with Gasteiger partial charge in [0.25, 0.3) is 0 Å². The van der Waals surface area contributed by atoms with E-state index in [-0.39, 0.29) is 17.3 Å². The zero-order valence-electron chi connectivity index (χ0n) is 9.95. The summed E-state index contributed by atoms with van der Waals surface area (Å²) >= 11 is 0. The van der Waals surface area contributed by atoms with Crippen LogP contribution in [0, 0.1) is 17.1 Å². The molecule has 0 aromatic heterocycles. The number of hydrogen-bond donors (Lipinski definition) is 1. The van der Waals surface area contributed by atoms with Crippen molar-refractivity contribution in [2.24, 2.45) is 0 Å². The van der Waals surface area contributed by atoms with Crippen molar-refractivity contribution >= 4 is 11.7 Å². The normalized spacial score (nSPS) is 15.0. The van der Waals surface area contributed by atoms with E-state index in [9.17, 15) is 9.18 Å². The van der Waals surface area contributed by atoms with E-state index in [1.54, 1.807) is 11.0 Å². The third-order valence-electron chi connectivity index (χ3n) is 3.01. The number of amides is 2. The zero-order valence-corrected chi connectivity index (χ0v) is 9.95. The first-order valence-electron chi connectivity index (χ1n) is 5.97. The molecule has 94 valence electrons. The van der Waals surface area contributed by atoms with Crippen LogP contribution in [0.4, 0.5) is 14.9 Å². The maximum Gasteiger partial charge on any atom is 0.321 e. The average molecular weight is 247 g/mol. The van der Waals surface area contributed by atoms with Gasteiger partial charge in [-0.2, -0.15) is 5.26 Å². The van der Waals surface area contributed by atoms with E-state index in [1.807, 2.05) is 0 Å². The lowest BCUT2D eigenvalue weighted by atomic mass is 10.1. The summed E-state index contributed by atoms with van der Waals surface area (Å²) < 4.78 is 13.4. The standard InChI is InChI=1S/C13H14FN3O/c14-11-5-4-6-12(10(11)9-15)16-13(18)17-7-2-1-3-8-17/h4-6H,1-3,7-8H2,(H,16,18). The Balaban J connectivity index is 2.12. The maximum atomic E-state index is 13.4. The summed E-state index contributed by atoms with van der Waals surface area (Å²) in [7, 11) is 0. The maximum absolute atomic E-state index is 13.4. The van der Waals surface area contributed by atoms with Gasteiger partial charge < -0.3 is 10.2 Å². The van der Waals surface area contributed by atoms with Gasteiger partial charge in [0.15, 0.2) is 0 Å². The third kappa shape index (κ3) is 2.59. The number of rotatable bonds is 1. The molecule has 1 aliphatic rings. The summed E-state index contributed by atoms with van der Waals surface area (Å²) in [5.41, 5.74) is 0.107. The van der Waals surface area contributed by atoms with Crippen molar-refractivity contribution in [1.82, 2.24) is 4.90 Å². The highest BCUT2D eigenvalue weighted by Gasteiger charge is 2.18. The predicted octanol–water partition coefficient (Wildman–Crippen LogP) is 2.72. The van der Waals surface area contributed by atoms with Crippen LogP contribution in [0.3, 0.4) is 0 Å². The number of urea groups is 1. The van der Waals surface area contributed by atoms with Gasteiger partial charge in [0.1, 0.15) is 17.4 Å². The lowest BCUT2D eigenvalue weighted by molar-refractivity contribution is 0.200. The molecule has 0 atom stereocenters. The summed E-state index contributed by atoms with van der Waals surface area (Å²) in [6.07, 6.45) is 3.11. The number of carbonyl (C=O) groups is 1. The monoisotopic (exact) mass is 247 g/mol. The molecule has 0 unspecified atom stereocenters. The van der Waals surface area contributed by atoms with Crippen molar-refractivity contribution in [2.75, 3.05) is 18.4 Å². The fraction of sp³-hybridized carbons (Fsp3) is 0.385. The number of piperidine rings is 1. The number of likely N-dealkylation sites (tertiary alicyclic amines) is 1. The first-order valence-corrected chi connectivity index (χ1v) is 5.97. The Morgan fingerprint density at radius 2 is 2.06 bits per heavy atom. The van der Waals surface area contributed by atoms with Gasteiger partial charge in [-0.1, -0.05) is 6.07 Å². The Hall–Kier alpha value is -2.09. The fourth-order valence-electron chi connectivity index (χ4n) is 2.03. The van der Waals surface area contributed by atoms with E-state index in [1.165, 1.54) is 18.2 Å². The molecule has 1 heterocycles. The first-order chi connectivity index (χ1) is 8.72. The van der Waals surface area contributed by atoms with Gasteiger partial charge in [0.2, 0.25) is 0 Å². The quantitative estimate of drug-likeness (QED) is 0.829. The molecule has 0 bridgehead atoms. The Labute approximate surface area is 105 Å². The van der Waals surface area contributed by atoms with E-state index in [0.717, 1.165) is 19.3 Å². The van der Waals surface area contributed by atoms with Crippen LogP contribution in [0.5, 0.6) is 0 Å². The van der Waals surface area contributed by atoms with Crippen molar-refractivity contribution in [3.05, 3.63) is 29.6 Å². The summed E-state index contributed by atoms with van der Waals surface area (Å²) in [6.45, 7) is 1.42. The van der Waals surface area contributed by atoms with Gasteiger partial charge >= 0.3 is 6.03 Å². The number of carbonyl (C=O) groups excluding carboxylic acids is 1. The summed E-state index contributed by atoms with van der Waals surface area (Å²) in [4.78, 5) is 13.6. The second-order valence-electron chi connectivity index (χ2n) is 4.25.